The number of allylic oxidation sites excluding steroid dienone is 2. The van der Waals surface area contributed by atoms with Crippen LogP contribution in [0, 0.1) is 17.6 Å². The third-order valence-corrected chi connectivity index (χ3v) is 3.27. The minimum Gasteiger partial charge on any atom is -0.204 e. The lowest BCUT2D eigenvalue weighted by Crippen LogP contribution is -2.14. The van der Waals surface area contributed by atoms with Crippen molar-refractivity contribution in [1.82, 2.24) is 0 Å². The first kappa shape index (κ1) is 8.16. The molecule has 0 heterocycles. The molecule has 0 aliphatic heterocycles. The standard InChI is InChI=1S/C12H10F2/c13-11-4-3-9-8-2-1-7(5-8)6-10(9)12(11)14/h1-4,7-8H,5-6H2. The summed E-state index contributed by atoms with van der Waals surface area (Å²) < 4.78 is 26.4. The van der Waals surface area contributed by atoms with Crippen LogP contribution in [-0.2, 0) is 6.42 Å². The molecule has 2 unspecified atom stereocenters. The molecular weight excluding hydrogens is 182 g/mol. The van der Waals surface area contributed by atoms with Crippen LogP contribution in [0.15, 0.2) is 24.3 Å². The molecule has 0 radical (unpaired) electrons. The minimum atomic E-state index is -0.718. The van der Waals surface area contributed by atoms with E-state index in [2.05, 4.69) is 12.2 Å². The van der Waals surface area contributed by atoms with Crippen molar-refractivity contribution in [3.8, 4) is 0 Å². The zero-order valence-corrected chi connectivity index (χ0v) is 7.63. The average molecular weight is 192 g/mol. The highest BCUT2D eigenvalue weighted by molar-refractivity contribution is 5.40. The van der Waals surface area contributed by atoms with Gasteiger partial charge in [-0.3, -0.25) is 0 Å². The van der Waals surface area contributed by atoms with E-state index in [1.165, 1.54) is 6.07 Å². The molecule has 0 N–H and O–H groups in total. The van der Waals surface area contributed by atoms with Gasteiger partial charge in [-0.25, -0.2) is 8.78 Å². The Morgan fingerprint density at radius 2 is 2.00 bits per heavy atom. The summed E-state index contributed by atoms with van der Waals surface area (Å²) in [6.45, 7) is 0. The van der Waals surface area contributed by atoms with Crippen LogP contribution in [0.2, 0.25) is 0 Å². The lowest BCUT2D eigenvalue weighted by Gasteiger charge is -2.23. The fourth-order valence-electron chi connectivity index (χ4n) is 2.58. The molecule has 0 saturated heterocycles. The van der Waals surface area contributed by atoms with Crippen LogP contribution >= 0.6 is 0 Å². The van der Waals surface area contributed by atoms with Crippen molar-refractivity contribution in [2.75, 3.05) is 0 Å². The highest BCUT2D eigenvalue weighted by Crippen LogP contribution is 2.42. The van der Waals surface area contributed by atoms with Crippen LogP contribution in [0.5, 0.6) is 0 Å². The molecule has 72 valence electrons. The Hall–Kier alpha value is -1.18. The largest absolute Gasteiger partial charge is 0.204 e. The molecule has 0 aromatic heterocycles. The van der Waals surface area contributed by atoms with E-state index < -0.39 is 11.6 Å². The van der Waals surface area contributed by atoms with Gasteiger partial charge in [0.05, 0.1) is 0 Å². The van der Waals surface area contributed by atoms with E-state index >= 15 is 0 Å². The molecule has 2 bridgehead atoms. The van der Waals surface area contributed by atoms with Gasteiger partial charge in [0.15, 0.2) is 11.6 Å². The Morgan fingerprint density at radius 3 is 2.86 bits per heavy atom. The van der Waals surface area contributed by atoms with E-state index in [9.17, 15) is 8.78 Å². The zero-order valence-electron chi connectivity index (χ0n) is 7.63. The van der Waals surface area contributed by atoms with E-state index in [1.54, 1.807) is 6.07 Å². The molecule has 3 rings (SSSR count). The molecule has 0 nitrogen and oxygen atoms in total. The molecule has 1 aromatic rings. The Kier molecular flexibility index (Phi) is 1.55. The quantitative estimate of drug-likeness (QED) is 0.554. The molecule has 0 fully saturated rings. The van der Waals surface area contributed by atoms with Crippen molar-refractivity contribution >= 4 is 0 Å². The fourth-order valence-corrected chi connectivity index (χ4v) is 2.58. The third-order valence-electron chi connectivity index (χ3n) is 3.27. The van der Waals surface area contributed by atoms with Gasteiger partial charge in [-0.2, -0.15) is 0 Å². The smallest absolute Gasteiger partial charge is 0.162 e. The van der Waals surface area contributed by atoms with Gasteiger partial charge in [-0.1, -0.05) is 18.2 Å². The van der Waals surface area contributed by atoms with Crippen LogP contribution in [0.25, 0.3) is 0 Å². The van der Waals surface area contributed by atoms with Crippen LogP contribution < -0.4 is 0 Å². The molecule has 2 atom stereocenters. The number of fused-ring (bicyclic) bond motifs is 4. The van der Waals surface area contributed by atoms with E-state index in [-0.39, 0.29) is 0 Å². The van der Waals surface area contributed by atoms with E-state index in [0.29, 0.717) is 23.8 Å². The predicted octanol–water partition coefficient (Wildman–Crippen LogP) is 3.18. The maximum absolute atomic E-state index is 13.5. The molecule has 14 heavy (non-hydrogen) atoms. The van der Waals surface area contributed by atoms with Gasteiger partial charge < -0.3 is 0 Å². The summed E-state index contributed by atoms with van der Waals surface area (Å²) in [5, 5.41) is 0. The highest BCUT2D eigenvalue weighted by atomic mass is 19.2. The monoisotopic (exact) mass is 192 g/mol. The lowest BCUT2D eigenvalue weighted by atomic mass is 9.82. The number of hydrogen-bond acceptors (Lipinski definition) is 0. The van der Waals surface area contributed by atoms with Crippen molar-refractivity contribution in [3.63, 3.8) is 0 Å². The van der Waals surface area contributed by atoms with Crippen molar-refractivity contribution in [2.45, 2.75) is 18.8 Å². The predicted molar refractivity (Wildman–Crippen MR) is 50.1 cm³/mol. The van der Waals surface area contributed by atoms with Crippen LogP contribution in [0.1, 0.15) is 23.5 Å². The maximum atomic E-state index is 13.5. The first-order valence-electron chi connectivity index (χ1n) is 4.91. The normalized spacial score (nSPS) is 27.9. The summed E-state index contributed by atoms with van der Waals surface area (Å²) in [6, 6.07) is 2.96. The Morgan fingerprint density at radius 1 is 1.14 bits per heavy atom. The summed E-state index contributed by atoms with van der Waals surface area (Å²) in [5.74, 6) is -0.617. The highest BCUT2D eigenvalue weighted by Gasteiger charge is 2.31. The van der Waals surface area contributed by atoms with Crippen molar-refractivity contribution in [1.29, 1.82) is 0 Å². The molecule has 1 aromatic carbocycles. The Balaban J connectivity index is 2.21. The average Bonchev–Trinajstić information content (AvgIpc) is 2.56. The Bertz CT molecular complexity index is 421. The lowest BCUT2D eigenvalue weighted by molar-refractivity contribution is 0.468. The van der Waals surface area contributed by atoms with Crippen LogP contribution in [0.3, 0.4) is 0 Å². The molecule has 0 saturated carbocycles. The molecule has 2 aliphatic carbocycles. The molecule has 2 aliphatic rings. The molecular formula is C12H10F2. The van der Waals surface area contributed by atoms with Gasteiger partial charge >= 0.3 is 0 Å². The summed E-state index contributed by atoms with van der Waals surface area (Å²) in [7, 11) is 0. The summed E-state index contributed by atoms with van der Waals surface area (Å²) >= 11 is 0. The van der Waals surface area contributed by atoms with Gasteiger partial charge in [-0.05, 0) is 36.0 Å². The SMILES string of the molecule is Fc1ccc2c(c1F)CC1C=CC2C1. The second-order valence-electron chi connectivity index (χ2n) is 4.12. The zero-order chi connectivity index (χ0) is 9.71. The number of hydrogen-bond donors (Lipinski definition) is 0. The second kappa shape index (κ2) is 2.66. The Labute approximate surface area is 81.3 Å². The van der Waals surface area contributed by atoms with E-state index in [0.717, 1.165) is 12.0 Å². The van der Waals surface area contributed by atoms with Crippen LogP contribution in [0.4, 0.5) is 8.78 Å². The summed E-state index contributed by atoms with van der Waals surface area (Å²) in [6.07, 6.45) is 5.97. The first-order valence-corrected chi connectivity index (χ1v) is 4.91. The summed E-state index contributed by atoms with van der Waals surface area (Å²) in [5.41, 5.74) is 1.57. The van der Waals surface area contributed by atoms with Crippen molar-refractivity contribution in [2.24, 2.45) is 5.92 Å². The van der Waals surface area contributed by atoms with E-state index in [1.807, 2.05) is 0 Å². The second-order valence-corrected chi connectivity index (χ2v) is 4.12. The van der Waals surface area contributed by atoms with Gasteiger partial charge in [0.25, 0.3) is 0 Å². The molecule has 0 spiro atoms. The fraction of sp³-hybridized carbons (Fsp3) is 0.333. The van der Waals surface area contributed by atoms with Gasteiger partial charge in [0, 0.05) is 5.92 Å². The number of halogens is 2. The first-order chi connectivity index (χ1) is 6.75. The number of rotatable bonds is 0. The number of benzene rings is 1. The summed E-state index contributed by atoms with van der Waals surface area (Å²) in [4.78, 5) is 0. The van der Waals surface area contributed by atoms with Gasteiger partial charge in [0.1, 0.15) is 0 Å². The van der Waals surface area contributed by atoms with Gasteiger partial charge in [0.2, 0.25) is 0 Å². The molecule has 2 heteroatoms. The molecule has 0 amide bonds. The van der Waals surface area contributed by atoms with Crippen LogP contribution in [-0.4, -0.2) is 0 Å². The third kappa shape index (κ3) is 0.969. The van der Waals surface area contributed by atoms with Crippen molar-refractivity contribution in [3.05, 3.63) is 47.0 Å². The maximum Gasteiger partial charge on any atom is 0.162 e. The topological polar surface area (TPSA) is 0 Å². The van der Waals surface area contributed by atoms with E-state index in [4.69, 9.17) is 0 Å². The minimum absolute atomic E-state index is 0.318. The van der Waals surface area contributed by atoms with Crippen molar-refractivity contribution < 1.29 is 8.78 Å². The van der Waals surface area contributed by atoms with Gasteiger partial charge in [-0.15, -0.1) is 0 Å².